The number of piperidine rings is 1. The quantitative estimate of drug-likeness (QED) is 0.723. The van der Waals surface area contributed by atoms with Gasteiger partial charge in [-0.3, -0.25) is 4.90 Å². The maximum atomic E-state index is 5.82. The highest BCUT2D eigenvalue weighted by molar-refractivity contribution is 7.80. The first-order chi connectivity index (χ1) is 7.29. The summed E-state index contributed by atoms with van der Waals surface area (Å²) in [6, 6.07) is 0.988. The molecule has 2 fully saturated rings. The van der Waals surface area contributed by atoms with Crippen molar-refractivity contribution in [3.05, 3.63) is 0 Å². The molecule has 2 heterocycles. The Hall–Kier alpha value is -0.190. The molecule has 0 aliphatic carbocycles. The fourth-order valence-corrected chi connectivity index (χ4v) is 2.97. The molecule has 86 valence electrons. The second-order valence-corrected chi connectivity index (χ2v) is 4.97. The molecule has 2 aliphatic heterocycles. The predicted molar refractivity (Wildman–Crippen MR) is 65.0 cm³/mol. The number of hydrogen-bond acceptors (Lipinski definition) is 3. The van der Waals surface area contributed by atoms with Crippen LogP contribution in [0.2, 0.25) is 0 Å². The Morgan fingerprint density at radius 1 is 1.20 bits per heavy atom. The van der Waals surface area contributed by atoms with E-state index in [1.54, 1.807) is 0 Å². The maximum Gasteiger partial charge on any atom is 0.0902 e. The Bertz CT molecular complexity index is 229. The molecular weight excluding hydrogens is 208 g/mol. The zero-order valence-corrected chi connectivity index (χ0v) is 9.97. The Balaban J connectivity index is 1.99. The van der Waals surface area contributed by atoms with Gasteiger partial charge in [0.1, 0.15) is 0 Å². The van der Waals surface area contributed by atoms with Crippen LogP contribution < -0.4 is 5.73 Å². The molecule has 3 nitrogen and oxygen atoms in total. The van der Waals surface area contributed by atoms with Crippen LogP contribution in [-0.2, 0) is 4.74 Å². The van der Waals surface area contributed by atoms with E-state index < -0.39 is 0 Å². The fraction of sp³-hybridized carbons (Fsp3) is 0.909. The summed E-state index contributed by atoms with van der Waals surface area (Å²) in [5, 5.41) is 0. The number of thiocarbonyl (C=S) groups is 1. The highest BCUT2D eigenvalue weighted by Crippen LogP contribution is 2.24. The van der Waals surface area contributed by atoms with Crippen LogP contribution in [0.1, 0.15) is 32.1 Å². The maximum absolute atomic E-state index is 5.82. The lowest BCUT2D eigenvalue weighted by Crippen LogP contribution is -2.53. The van der Waals surface area contributed by atoms with Crippen LogP contribution in [0.25, 0.3) is 0 Å². The molecule has 2 rings (SSSR count). The van der Waals surface area contributed by atoms with Gasteiger partial charge in [-0.1, -0.05) is 18.6 Å². The van der Waals surface area contributed by atoms with Gasteiger partial charge in [-0.25, -0.2) is 0 Å². The summed E-state index contributed by atoms with van der Waals surface area (Å²) in [4.78, 5) is 3.20. The second kappa shape index (κ2) is 5.23. The van der Waals surface area contributed by atoms with E-state index in [1.807, 2.05) is 0 Å². The van der Waals surface area contributed by atoms with E-state index >= 15 is 0 Å². The molecule has 2 N–H and O–H groups in total. The number of likely N-dealkylation sites (tertiary alicyclic amines) is 1. The zero-order chi connectivity index (χ0) is 10.7. The van der Waals surface area contributed by atoms with Crippen molar-refractivity contribution < 1.29 is 4.74 Å². The van der Waals surface area contributed by atoms with Gasteiger partial charge in [-0.15, -0.1) is 0 Å². The second-order valence-electron chi connectivity index (χ2n) is 4.50. The van der Waals surface area contributed by atoms with Gasteiger partial charge in [-0.2, -0.15) is 0 Å². The average Bonchev–Trinajstić information content (AvgIpc) is 2.30. The SMILES string of the molecule is NC(=S)C1CCCCN1C1CCOCC1. The molecule has 0 bridgehead atoms. The summed E-state index contributed by atoms with van der Waals surface area (Å²) in [6.45, 7) is 2.95. The molecule has 0 amide bonds. The van der Waals surface area contributed by atoms with Gasteiger partial charge in [0, 0.05) is 19.3 Å². The summed E-state index contributed by atoms with van der Waals surface area (Å²) >= 11 is 5.17. The molecule has 0 spiro atoms. The lowest BCUT2D eigenvalue weighted by atomic mass is 9.96. The van der Waals surface area contributed by atoms with Crippen molar-refractivity contribution in [2.75, 3.05) is 19.8 Å². The molecule has 2 aliphatic rings. The Morgan fingerprint density at radius 2 is 1.93 bits per heavy atom. The van der Waals surface area contributed by atoms with E-state index in [-0.39, 0.29) is 0 Å². The molecular formula is C11H20N2OS. The third kappa shape index (κ3) is 2.68. The largest absolute Gasteiger partial charge is 0.392 e. The topological polar surface area (TPSA) is 38.5 Å². The number of nitrogens with two attached hydrogens (primary N) is 1. The van der Waals surface area contributed by atoms with Gasteiger partial charge in [0.15, 0.2) is 0 Å². The van der Waals surface area contributed by atoms with Gasteiger partial charge < -0.3 is 10.5 Å². The van der Waals surface area contributed by atoms with Crippen molar-refractivity contribution in [1.82, 2.24) is 4.90 Å². The molecule has 0 saturated carbocycles. The predicted octanol–water partition coefficient (Wildman–Crippen LogP) is 1.31. The number of ether oxygens (including phenoxy) is 1. The molecule has 2 saturated heterocycles. The van der Waals surface area contributed by atoms with Crippen molar-refractivity contribution in [3.63, 3.8) is 0 Å². The van der Waals surface area contributed by atoms with Crippen molar-refractivity contribution in [2.24, 2.45) is 5.73 Å². The van der Waals surface area contributed by atoms with Crippen LogP contribution in [0.5, 0.6) is 0 Å². The number of nitrogens with zero attached hydrogens (tertiary/aromatic N) is 1. The standard InChI is InChI=1S/C11H20N2OS/c12-11(15)10-3-1-2-6-13(10)9-4-7-14-8-5-9/h9-10H,1-8H2,(H2,12,15). The third-order valence-corrected chi connectivity index (χ3v) is 3.80. The zero-order valence-electron chi connectivity index (χ0n) is 9.15. The van der Waals surface area contributed by atoms with E-state index in [2.05, 4.69) is 4.90 Å². The van der Waals surface area contributed by atoms with Gasteiger partial charge in [0.25, 0.3) is 0 Å². The fourth-order valence-electron chi connectivity index (χ4n) is 2.71. The highest BCUT2D eigenvalue weighted by atomic mass is 32.1. The summed E-state index contributed by atoms with van der Waals surface area (Å²) < 4.78 is 5.40. The van der Waals surface area contributed by atoms with Gasteiger partial charge in [0.05, 0.1) is 11.0 Å². The van der Waals surface area contributed by atoms with Crippen LogP contribution in [0, 0.1) is 0 Å². The van der Waals surface area contributed by atoms with Crippen LogP contribution >= 0.6 is 12.2 Å². The van der Waals surface area contributed by atoms with Gasteiger partial charge in [-0.05, 0) is 32.2 Å². The Kier molecular flexibility index (Phi) is 3.94. The Labute approximate surface area is 96.9 Å². The van der Waals surface area contributed by atoms with E-state index in [4.69, 9.17) is 22.7 Å². The van der Waals surface area contributed by atoms with Gasteiger partial charge in [0.2, 0.25) is 0 Å². The molecule has 1 atom stereocenters. The van der Waals surface area contributed by atoms with Crippen molar-refractivity contribution in [2.45, 2.75) is 44.2 Å². The van der Waals surface area contributed by atoms with Crippen LogP contribution in [-0.4, -0.2) is 41.7 Å². The van der Waals surface area contributed by atoms with Crippen molar-refractivity contribution in [3.8, 4) is 0 Å². The summed E-state index contributed by atoms with van der Waals surface area (Å²) in [6.07, 6.45) is 5.98. The lowest BCUT2D eigenvalue weighted by Gasteiger charge is -2.42. The van der Waals surface area contributed by atoms with Crippen LogP contribution in [0.15, 0.2) is 0 Å². The molecule has 0 radical (unpaired) electrons. The van der Waals surface area contributed by atoms with Crippen molar-refractivity contribution in [1.29, 1.82) is 0 Å². The molecule has 0 aromatic rings. The molecule has 15 heavy (non-hydrogen) atoms. The molecule has 4 heteroatoms. The van der Waals surface area contributed by atoms with E-state index in [0.29, 0.717) is 17.1 Å². The monoisotopic (exact) mass is 228 g/mol. The van der Waals surface area contributed by atoms with E-state index in [1.165, 1.54) is 12.8 Å². The van der Waals surface area contributed by atoms with Crippen molar-refractivity contribution >= 4 is 17.2 Å². The van der Waals surface area contributed by atoms with Gasteiger partial charge >= 0.3 is 0 Å². The van der Waals surface area contributed by atoms with E-state index in [9.17, 15) is 0 Å². The number of hydrogen-bond donors (Lipinski definition) is 1. The molecule has 0 aromatic heterocycles. The first kappa shape index (κ1) is 11.3. The summed E-state index contributed by atoms with van der Waals surface area (Å²) in [5.41, 5.74) is 5.82. The first-order valence-electron chi connectivity index (χ1n) is 5.92. The minimum Gasteiger partial charge on any atom is -0.392 e. The van der Waals surface area contributed by atoms with E-state index in [0.717, 1.165) is 39.0 Å². The first-order valence-corrected chi connectivity index (χ1v) is 6.32. The average molecular weight is 228 g/mol. The normalized spacial score (nSPS) is 30.3. The lowest BCUT2D eigenvalue weighted by molar-refractivity contribution is 0.0181. The highest BCUT2D eigenvalue weighted by Gasteiger charge is 2.31. The molecule has 0 aromatic carbocycles. The molecule has 1 unspecified atom stereocenters. The third-order valence-electron chi connectivity index (χ3n) is 3.53. The summed E-state index contributed by atoms with van der Waals surface area (Å²) in [5.74, 6) is 0. The minimum absolute atomic E-state index is 0.344. The van der Waals surface area contributed by atoms with Crippen LogP contribution in [0.4, 0.5) is 0 Å². The smallest absolute Gasteiger partial charge is 0.0902 e. The minimum atomic E-state index is 0.344. The Morgan fingerprint density at radius 3 is 2.60 bits per heavy atom. The number of rotatable bonds is 2. The van der Waals surface area contributed by atoms with Crippen LogP contribution in [0.3, 0.4) is 0 Å². The summed E-state index contributed by atoms with van der Waals surface area (Å²) in [7, 11) is 0.